The number of amides is 1. The van der Waals surface area contributed by atoms with Gasteiger partial charge in [-0.3, -0.25) is 19.6 Å². The van der Waals surface area contributed by atoms with Crippen molar-refractivity contribution < 1.29 is 9.72 Å². The quantitative estimate of drug-likeness (QED) is 0.550. The minimum absolute atomic E-state index is 0.00459. The van der Waals surface area contributed by atoms with Crippen LogP contribution in [0.15, 0.2) is 30.5 Å². The van der Waals surface area contributed by atoms with Crippen molar-refractivity contribution in [2.75, 3.05) is 5.32 Å². The van der Waals surface area contributed by atoms with Crippen LogP contribution >= 0.6 is 0 Å². The number of rotatable bonds is 5. The zero-order valence-electron chi connectivity index (χ0n) is 15.6. The Morgan fingerprint density at radius 3 is 2.59 bits per heavy atom. The van der Waals surface area contributed by atoms with E-state index in [9.17, 15) is 14.9 Å². The maximum Gasteiger partial charge on any atom is 0.312 e. The van der Waals surface area contributed by atoms with Crippen molar-refractivity contribution in [1.29, 1.82) is 0 Å². The molecule has 3 aromatic rings. The Kier molecular flexibility index (Phi) is 4.76. The number of nitrogens with one attached hydrogen (secondary N) is 1. The summed E-state index contributed by atoms with van der Waals surface area (Å²) >= 11 is 0. The van der Waals surface area contributed by atoms with Crippen LogP contribution in [0, 0.1) is 37.8 Å². The third-order valence-electron chi connectivity index (χ3n) is 4.32. The lowest BCUT2D eigenvalue weighted by Gasteiger charge is -2.08. The number of carbonyl (C=O) groups is 1. The van der Waals surface area contributed by atoms with Crippen LogP contribution in [0.2, 0.25) is 0 Å². The van der Waals surface area contributed by atoms with E-state index in [-0.39, 0.29) is 24.0 Å². The maximum atomic E-state index is 12.5. The van der Waals surface area contributed by atoms with Crippen molar-refractivity contribution in [3.05, 3.63) is 68.8 Å². The highest BCUT2D eigenvalue weighted by molar-refractivity contribution is 6.03. The van der Waals surface area contributed by atoms with Crippen LogP contribution in [0.25, 0.3) is 0 Å². The molecule has 9 nitrogen and oxygen atoms in total. The molecule has 0 saturated carbocycles. The molecular formula is C18H20N6O3. The van der Waals surface area contributed by atoms with Gasteiger partial charge in [-0.1, -0.05) is 12.1 Å². The van der Waals surface area contributed by atoms with E-state index in [4.69, 9.17) is 0 Å². The maximum absolute atomic E-state index is 12.5. The van der Waals surface area contributed by atoms with Crippen molar-refractivity contribution in [3.63, 3.8) is 0 Å². The van der Waals surface area contributed by atoms with Crippen LogP contribution in [0.1, 0.15) is 33.0 Å². The standard InChI is InChI=1S/C18H20N6O3/c1-11-5-6-12(2)16(9-11)19-18(25)15-7-8-22(21-15)10-23-14(4)17(24(26)27)13(3)20-23/h5-9H,10H2,1-4H3,(H,19,25). The van der Waals surface area contributed by atoms with Crippen LogP contribution in [0.4, 0.5) is 11.4 Å². The molecule has 0 unspecified atom stereocenters. The average Bonchev–Trinajstić information content (AvgIpc) is 3.16. The summed E-state index contributed by atoms with van der Waals surface area (Å²) < 4.78 is 3.01. The predicted molar refractivity (Wildman–Crippen MR) is 99.8 cm³/mol. The number of nitrogens with zero attached hydrogens (tertiary/aromatic N) is 5. The molecular weight excluding hydrogens is 348 g/mol. The molecule has 1 N–H and O–H groups in total. The molecule has 2 heterocycles. The van der Waals surface area contributed by atoms with Gasteiger partial charge in [-0.05, 0) is 51.0 Å². The lowest BCUT2D eigenvalue weighted by Crippen LogP contribution is -2.16. The van der Waals surface area contributed by atoms with Crippen molar-refractivity contribution in [2.24, 2.45) is 0 Å². The Hall–Kier alpha value is -3.49. The van der Waals surface area contributed by atoms with Gasteiger partial charge in [0.25, 0.3) is 5.91 Å². The van der Waals surface area contributed by atoms with E-state index in [2.05, 4.69) is 15.5 Å². The van der Waals surface area contributed by atoms with Gasteiger partial charge in [0.1, 0.15) is 18.1 Å². The fraction of sp³-hybridized carbons (Fsp3) is 0.278. The predicted octanol–water partition coefficient (Wildman–Crippen LogP) is 2.98. The first-order chi connectivity index (χ1) is 12.8. The molecule has 0 spiro atoms. The first-order valence-corrected chi connectivity index (χ1v) is 8.36. The number of hydrogen-bond donors (Lipinski definition) is 1. The van der Waals surface area contributed by atoms with Crippen LogP contribution in [0.3, 0.4) is 0 Å². The Balaban J connectivity index is 1.77. The summed E-state index contributed by atoms with van der Waals surface area (Å²) in [7, 11) is 0. The molecule has 1 amide bonds. The number of anilines is 1. The Labute approximate surface area is 155 Å². The number of aryl methyl sites for hydroxylation is 3. The lowest BCUT2D eigenvalue weighted by atomic mass is 10.1. The van der Waals surface area contributed by atoms with Crippen molar-refractivity contribution >= 4 is 17.3 Å². The van der Waals surface area contributed by atoms with Crippen LogP contribution < -0.4 is 5.32 Å². The molecule has 0 bridgehead atoms. The van der Waals surface area contributed by atoms with Gasteiger partial charge in [0.2, 0.25) is 0 Å². The normalized spacial score (nSPS) is 10.8. The third kappa shape index (κ3) is 3.71. The summed E-state index contributed by atoms with van der Waals surface area (Å²) in [6, 6.07) is 7.42. The molecule has 2 aromatic heterocycles. The summed E-state index contributed by atoms with van der Waals surface area (Å²) in [5.74, 6) is -0.318. The summed E-state index contributed by atoms with van der Waals surface area (Å²) in [4.78, 5) is 23.1. The highest BCUT2D eigenvalue weighted by Crippen LogP contribution is 2.22. The second-order valence-electron chi connectivity index (χ2n) is 6.43. The molecule has 9 heteroatoms. The van der Waals surface area contributed by atoms with Crippen molar-refractivity contribution in [2.45, 2.75) is 34.4 Å². The topological polar surface area (TPSA) is 108 Å². The van der Waals surface area contributed by atoms with E-state index < -0.39 is 4.92 Å². The van der Waals surface area contributed by atoms with E-state index in [1.807, 2.05) is 32.0 Å². The van der Waals surface area contributed by atoms with E-state index in [0.717, 1.165) is 16.8 Å². The fourth-order valence-electron chi connectivity index (χ4n) is 2.85. The molecule has 140 valence electrons. The fourth-order valence-corrected chi connectivity index (χ4v) is 2.85. The smallest absolute Gasteiger partial charge is 0.312 e. The van der Waals surface area contributed by atoms with E-state index in [1.54, 1.807) is 26.1 Å². The Morgan fingerprint density at radius 1 is 1.19 bits per heavy atom. The molecule has 1 aromatic carbocycles. The SMILES string of the molecule is Cc1ccc(C)c(NC(=O)c2ccn(Cn3nc(C)c([N+](=O)[O-])c3C)n2)c1. The van der Waals surface area contributed by atoms with Gasteiger partial charge in [-0.25, -0.2) is 4.68 Å². The summed E-state index contributed by atoms with van der Waals surface area (Å²) in [6.45, 7) is 7.28. The van der Waals surface area contributed by atoms with Crippen molar-refractivity contribution in [3.8, 4) is 0 Å². The van der Waals surface area contributed by atoms with E-state index in [0.29, 0.717) is 11.4 Å². The first kappa shape index (κ1) is 18.3. The first-order valence-electron chi connectivity index (χ1n) is 8.36. The second kappa shape index (κ2) is 7.02. The van der Waals surface area contributed by atoms with Gasteiger partial charge < -0.3 is 5.32 Å². The number of benzene rings is 1. The zero-order valence-corrected chi connectivity index (χ0v) is 15.6. The molecule has 0 atom stereocenters. The van der Waals surface area contributed by atoms with Gasteiger partial charge in [-0.2, -0.15) is 10.2 Å². The van der Waals surface area contributed by atoms with Gasteiger partial charge in [0.05, 0.1) is 4.92 Å². The molecule has 0 saturated heterocycles. The second-order valence-corrected chi connectivity index (χ2v) is 6.43. The Bertz CT molecular complexity index is 1030. The molecule has 27 heavy (non-hydrogen) atoms. The average molecular weight is 368 g/mol. The zero-order chi connectivity index (χ0) is 19.7. The molecule has 0 aliphatic carbocycles. The van der Waals surface area contributed by atoms with Crippen LogP contribution in [-0.4, -0.2) is 30.4 Å². The summed E-state index contributed by atoms with van der Waals surface area (Å²) in [6.07, 6.45) is 1.64. The highest BCUT2D eigenvalue weighted by Gasteiger charge is 2.22. The van der Waals surface area contributed by atoms with Gasteiger partial charge in [-0.15, -0.1) is 0 Å². The molecule has 0 aliphatic heterocycles. The number of hydrogen-bond acceptors (Lipinski definition) is 5. The monoisotopic (exact) mass is 368 g/mol. The van der Waals surface area contributed by atoms with Crippen LogP contribution in [-0.2, 0) is 6.67 Å². The summed E-state index contributed by atoms with van der Waals surface area (Å²) in [5, 5.41) is 22.4. The minimum Gasteiger partial charge on any atom is -0.320 e. The molecule has 0 radical (unpaired) electrons. The number of carbonyl (C=O) groups excluding carboxylic acids is 1. The number of aromatic nitrogens is 4. The lowest BCUT2D eigenvalue weighted by molar-refractivity contribution is -0.386. The van der Waals surface area contributed by atoms with Crippen LogP contribution in [0.5, 0.6) is 0 Å². The minimum atomic E-state index is -0.444. The van der Waals surface area contributed by atoms with Crippen molar-refractivity contribution in [1.82, 2.24) is 19.6 Å². The van der Waals surface area contributed by atoms with Gasteiger partial charge in [0.15, 0.2) is 5.69 Å². The number of nitro groups is 1. The van der Waals surface area contributed by atoms with Gasteiger partial charge in [0, 0.05) is 11.9 Å². The Morgan fingerprint density at radius 2 is 1.93 bits per heavy atom. The molecule has 0 fully saturated rings. The third-order valence-corrected chi connectivity index (χ3v) is 4.32. The van der Waals surface area contributed by atoms with E-state index >= 15 is 0 Å². The molecule has 3 rings (SSSR count). The van der Waals surface area contributed by atoms with Gasteiger partial charge >= 0.3 is 5.69 Å². The molecule has 0 aliphatic rings. The van der Waals surface area contributed by atoms with E-state index in [1.165, 1.54) is 9.36 Å². The summed E-state index contributed by atoms with van der Waals surface area (Å²) in [5.41, 5.74) is 3.79. The highest BCUT2D eigenvalue weighted by atomic mass is 16.6. The largest absolute Gasteiger partial charge is 0.320 e.